The summed E-state index contributed by atoms with van der Waals surface area (Å²) in [5.74, 6) is 1.11. The lowest BCUT2D eigenvalue weighted by atomic mass is 10.1. The van der Waals surface area contributed by atoms with Crippen molar-refractivity contribution >= 4 is 14.3 Å². The number of hydrogen-bond acceptors (Lipinski definition) is 4. The molecule has 0 N–H and O–H groups in total. The highest BCUT2D eigenvalue weighted by atomic mass is 28.4. The summed E-state index contributed by atoms with van der Waals surface area (Å²) in [7, 11) is 1.27. The van der Waals surface area contributed by atoms with Gasteiger partial charge in [0.15, 0.2) is 5.75 Å². The van der Waals surface area contributed by atoms with Crippen LogP contribution < -0.4 is 9.16 Å². The van der Waals surface area contributed by atoms with E-state index in [1.54, 1.807) is 7.11 Å². The van der Waals surface area contributed by atoms with E-state index in [4.69, 9.17) is 9.16 Å². The van der Waals surface area contributed by atoms with Crippen molar-refractivity contribution in [2.24, 2.45) is 0 Å². The molecule has 0 spiro atoms. The maximum atomic E-state index is 11.2. The Kier molecular flexibility index (Phi) is 4.78. The van der Waals surface area contributed by atoms with Gasteiger partial charge in [0.1, 0.15) is 5.75 Å². The molecule has 0 aliphatic carbocycles. The molecular weight excluding hydrogens is 248 g/mol. The molecular formula is C13H20O4Si. The molecule has 1 rings (SSSR count). The van der Waals surface area contributed by atoms with Gasteiger partial charge in [-0.2, -0.15) is 0 Å². The number of esters is 1. The smallest absolute Gasteiger partial charge is 0.309 e. The van der Waals surface area contributed by atoms with Crippen LogP contribution in [0.5, 0.6) is 11.5 Å². The van der Waals surface area contributed by atoms with Crippen LogP contribution in [-0.2, 0) is 16.0 Å². The first-order valence-corrected chi connectivity index (χ1v) is 9.19. The van der Waals surface area contributed by atoms with Gasteiger partial charge in [-0.25, -0.2) is 0 Å². The molecule has 0 atom stereocenters. The molecule has 0 saturated heterocycles. The first kappa shape index (κ1) is 14.6. The minimum Gasteiger partial charge on any atom is -0.542 e. The van der Waals surface area contributed by atoms with E-state index in [2.05, 4.69) is 24.4 Å². The Morgan fingerprint density at radius 2 is 1.83 bits per heavy atom. The highest BCUT2D eigenvalue weighted by Crippen LogP contribution is 2.30. The molecule has 4 nitrogen and oxygen atoms in total. The molecule has 1 aromatic rings. The van der Waals surface area contributed by atoms with Gasteiger partial charge < -0.3 is 13.9 Å². The van der Waals surface area contributed by atoms with Crippen molar-refractivity contribution < 1.29 is 18.7 Å². The summed E-state index contributed by atoms with van der Waals surface area (Å²) < 4.78 is 15.8. The van der Waals surface area contributed by atoms with E-state index in [0.717, 1.165) is 5.56 Å². The number of benzene rings is 1. The summed E-state index contributed by atoms with van der Waals surface area (Å²) >= 11 is 0. The van der Waals surface area contributed by atoms with Crippen LogP contribution >= 0.6 is 0 Å². The summed E-state index contributed by atoms with van der Waals surface area (Å²) in [6.45, 7) is 6.29. The largest absolute Gasteiger partial charge is 0.542 e. The lowest BCUT2D eigenvalue weighted by Crippen LogP contribution is -2.29. The van der Waals surface area contributed by atoms with E-state index >= 15 is 0 Å². The van der Waals surface area contributed by atoms with E-state index in [1.165, 1.54) is 7.11 Å². The lowest BCUT2D eigenvalue weighted by molar-refractivity contribution is -0.139. The molecule has 1 aromatic carbocycles. The molecule has 0 bridgehead atoms. The van der Waals surface area contributed by atoms with Gasteiger partial charge in [0.25, 0.3) is 0 Å². The van der Waals surface area contributed by atoms with Gasteiger partial charge >= 0.3 is 5.97 Å². The summed E-state index contributed by atoms with van der Waals surface area (Å²) in [5.41, 5.74) is 0.857. The molecule has 0 heterocycles. The summed E-state index contributed by atoms with van der Waals surface area (Å²) in [4.78, 5) is 11.2. The fraction of sp³-hybridized carbons (Fsp3) is 0.462. The Morgan fingerprint density at radius 1 is 1.17 bits per heavy atom. The fourth-order valence-corrected chi connectivity index (χ4v) is 2.30. The molecule has 100 valence electrons. The van der Waals surface area contributed by atoms with Crippen LogP contribution in [-0.4, -0.2) is 28.5 Å². The molecule has 0 aliphatic heterocycles. The van der Waals surface area contributed by atoms with Gasteiger partial charge in [0.2, 0.25) is 8.32 Å². The van der Waals surface area contributed by atoms with Crippen LogP contribution in [0.1, 0.15) is 5.56 Å². The number of carbonyl (C=O) groups excluding carboxylic acids is 1. The van der Waals surface area contributed by atoms with Gasteiger partial charge in [-0.15, -0.1) is 0 Å². The van der Waals surface area contributed by atoms with Gasteiger partial charge in [-0.05, 0) is 37.3 Å². The zero-order chi connectivity index (χ0) is 13.8. The molecule has 0 fully saturated rings. The average molecular weight is 268 g/mol. The zero-order valence-corrected chi connectivity index (χ0v) is 12.6. The number of carbonyl (C=O) groups is 1. The SMILES string of the molecule is COC(=O)Cc1ccc(OC)c(O[Si](C)(C)C)c1. The highest BCUT2D eigenvalue weighted by molar-refractivity contribution is 6.70. The number of rotatable bonds is 5. The highest BCUT2D eigenvalue weighted by Gasteiger charge is 2.19. The van der Waals surface area contributed by atoms with Crippen LogP contribution in [0.25, 0.3) is 0 Å². The predicted molar refractivity (Wildman–Crippen MR) is 72.7 cm³/mol. The summed E-state index contributed by atoms with van der Waals surface area (Å²) in [6, 6.07) is 5.49. The number of hydrogen-bond donors (Lipinski definition) is 0. The van der Waals surface area contributed by atoms with E-state index < -0.39 is 8.32 Å². The minimum absolute atomic E-state index is 0.239. The molecule has 5 heteroatoms. The van der Waals surface area contributed by atoms with Crippen molar-refractivity contribution in [3.8, 4) is 11.5 Å². The van der Waals surface area contributed by atoms with Crippen molar-refractivity contribution in [3.63, 3.8) is 0 Å². The van der Waals surface area contributed by atoms with Crippen LogP contribution in [0, 0.1) is 0 Å². The molecule has 0 amide bonds. The lowest BCUT2D eigenvalue weighted by Gasteiger charge is -2.21. The van der Waals surface area contributed by atoms with Crippen molar-refractivity contribution in [1.82, 2.24) is 0 Å². The Bertz CT molecular complexity index is 423. The third kappa shape index (κ3) is 4.41. The Hall–Kier alpha value is -1.49. The molecule has 0 aliphatic rings. The van der Waals surface area contributed by atoms with Crippen molar-refractivity contribution in [2.75, 3.05) is 14.2 Å². The third-order valence-electron chi connectivity index (χ3n) is 2.22. The molecule has 0 unspecified atom stereocenters. The monoisotopic (exact) mass is 268 g/mol. The fourth-order valence-electron chi connectivity index (χ4n) is 1.48. The molecule has 18 heavy (non-hydrogen) atoms. The van der Waals surface area contributed by atoms with Crippen LogP contribution in [0.2, 0.25) is 19.6 Å². The van der Waals surface area contributed by atoms with Gasteiger partial charge in [0.05, 0.1) is 20.6 Å². The molecule has 0 aromatic heterocycles. The topological polar surface area (TPSA) is 44.8 Å². The van der Waals surface area contributed by atoms with Gasteiger partial charge in [0, 0.05) is 0 Å². The summed E-state index contributed by atoms with van der Waals surface area (Å²) in [6.07, 6.45) is 0.239. The minimum atomic E-state index is -1.71. The van der Waals surface area contributed by atoms with E-state index in [1.807, 2.05) is 18.2 Å². The van der Waals surface area contributed by atoms with Gasteiger partial charge in [-0.3, -0.25) is 4.79 Å². The maximum Gasteiger partial charge on any atom is 0.309 e. The van der Waals surface area contributed by atoms with E-state index in [9.17, 15) is 4.79 Å². The predicted octanol–water partition coefficient (Wildman–Crippen LogP) is 2.62. The van der Waals surface area contributed by atoms with Crippen LogP contribution in [0.15, 0.2) is 18.2 Å². The Labute approximate surface area is 109 Å². The quantitative estimate of drug-likeness (QED) is 0.608. The zero-order valence-electron chi connectivity index (χ0n) is 11.6. The van der Waals surface area contributed by atoms with Crippen molar-refractivity contribution in [3.05, 3.63) is 23.8 Å². The van der Waals surface area contributed by atoms with E-state index in [-0.39, 0.29) is 12.4 Å². The first-order chi connectivity index (χ1) is 8.35. The average Bonchev–Trinajstić information content (AvgIpc) is 2.27. The second-order valence-electron chi connectivity index (χ2n) is 4.95. The van der Waals surface area contributed by atoms with E-state index in [0.29, 0.717) is 11.5 Å². The Balaban J connectivity index is 2.98. The van der Waals surface area contributed by atoms with Crippen molar-refractivity contribution in [1.29, 1.82) is 0 Å². The second kappa shape index (κ2) is 5.91. The second-order valence-corrected chi connectivity index (χ2v) is 9.38. The summed E-state index contributed by atoms with van der Waals surface area (Å²) in [5, 5.41) is 0. The van der Waals surface area contributed by atoms with Crippen LogP contribution in [0.3, 0.4) is 0 Å². The van der Waals surface area contributed by atoms with Crippen molar-refractivity contribution in [2.45, 2.75) is 26.1 Å². The van der Waals surface area contributed by atoms with Gasteiger partial charge in [-0.1, -0.05) is 6.07 Å². The maximum absolute atomic E-state index is 11.2. The third-order valence-corrected chi connectivity index (χ3v) is 3.05. The molecule has 0 radical (unpaired) electrons. The van der Waals surface area contributed by atoms with Crippen LogP contribution in [0.4, 0.5) is 0 Å². The Morgan fingerprint density at radius 3 is 2.33 bits per heavy atom. The first-order valence-electron chi connectivity index (χ1n) is 5.78. The number of methoxy groups -OCH3 is 2. The molecule has 0 saturated carbocycles. The standard InChI is InChI=1S/C13H20O4Si/c1-15-11-7-6-10(9-13(14)16-2)8-12(11)17-18(3,4)5/h6-8H,9H2,1-5H3. The number of ether oxygens (including phenoxy) is 2. The normalized spacial score (nSPS) is 10.9.